The number of carbonyl (C=O) groups excluding carboxylic acids is 1. The summed E-state index contributed by atoms with van der Waals surface area (Å²) >= 11 is 0. The van der Waals surface area contributed by atoms with E-state index in [1.54, 1.807) is 0 Å². The fourth-order valence-corrected chi connectivity index (χ4v) is 3.47. The van der Waals surface area contributed by atoms with Gasteiger partial charge in [-0.15, -0.1) is 0 Å². The van der Waals surface area contributed by atoms with Crippen LogP contribution < -0.4 is 5.32 Å². The summed E-state index contributed by atoms with van der Waals surface area (Å²) in [7, 11) is -3.97. The Morgan fingerprint density at radius 1 is 0.958 bits per heavy atom. The zero-order chi connectivity index (χ0) is 17.5. The molecule has 2 aromatic carbocycles. The Morgan fingerprint density at radius 3 is 2.25 bits per heavy atom. The lowest BCUT2D eigenvalue weighted by molar-refractivity contribution is 0.102. The first-order valence-corrected chi connectivity index (χ1v) is 8.29. The number of nitrogens with one attached hydrogen (secondary N) is 1. The van der Waals surface area contributed by atoms with Crippen LogP contribution in [0.15, 0.2) is 41.3 Å². The third-order valence-corrected chi connectivity index (χ3v) is 5.31. The smallest absolute Gasteiger partial charge is 0.255 e. The molecule has 0 bridgehead atoms. The van der Waals surface area contributed by atoms with Gasteiger partial charge in [-0.05, 0) is 30.3 Å². The molecule has 5 nitrogen and oxygen atoms in total. The summed E-state index contributed by atoms with van der Waals surface area (Å²) in [5.74, 6) is -3.95. The molecule has 2 aromatic rings. The molecule has 1 amide bonds. The van der Waals surface area contributed by atoms with Gasteiger partial charge in [0.05, 0.1) is 0 Å². The van der Waals surface area contributed by atoms with Gasteiger partial charge in [-0.1, -0.05) is 0 Å². The molecule has 1 N–H and O–H groups in total. The van der Waals surface area contributed by atoms with Crippen LogP contribution in [0.4, 0.5) is 18.9 Å². The number of hydrogen-bond donors (Lipinski definition) is 1. The van der Waals surface area contributed by atoms with Crippen LogP contribution in [0, 0.1) is 17.5 Å². The number of benzene rings is 2. The molecule has 0 unspecified atom stereocenters. The minimum absolute atomic E-state index is 0.0152. The second-order valence-electron chi connectivity index (χ2n) is 5.13. The highest BCUT2D eigenvalue weighted by Gasteiger charge is 2.35. The fraction of sp³-hybridized carbons (Fsp3) is 0.133. The summed E-state index contributed by atoms with van der Waals surface area (Å²) in [4.78, 5) is 11.5. The Balaban J connectivity index is 1.89. The van der Waals surface area contributed by atoms with Gasteiger partial charge in [-0.2, -0.15) is 4.31 Å². The van der Waals surface area contributed by atoms with E-state index in [1.807, 2.05) is 0 Å². The van der Waals surface area contributed by atoms with Crippen molar-refractivity contribution in [1.82, 2.24) is 4.31 Å². The lowest BCUT2D eigenvalue weighted by Crippen LogP contribution is -2.17. The molecule has 0 saturated carbocycles. The maximum absolute atomic E-state index is 13.8. The third-order valence-electron chi connectivity index (χ3n) is 3.39. The molecule has 1 aliphatic rings. The van der Waals surface area contributed by atoms with Crippen molar-refractivity contribution in [2.75, 3.05) is 18.4 Å². The standard InChI is InChI=1S/C15H11F3N2O3S/c16-11-4-2-10(8-13(11)18)19-15(21)9-1-3-12(17)14(7-9)24(22,23)20-5-6-20/h1-4,7-8H,5-6H2,(H,19,21). The van der Waals surface area contributed by atoms with E-state index in [-0.39, 0.29) is 11.3 Å². The minimum atomic E-state index is -3.97. The van der Waals surface area contributed by atoms with Crippen molar-refractivity contribution < 1.29 is 26.4 Å². The molecule has 3 rings (SSSR count). The number of anilines is 1. The van der Waals surface area contributed by atoms with Crippen LogP contribution in [-0.2, 0) is 10.0 Å². The van der Waals surface area contributed by atoms with Gasteiger partial charge in [-0.25, -0.2) is 21.6 Å². The van der Waals surface area contributed by atoms with Crippen LogP contribution in [0.25, 0.3) is 0 Å². The molecular formula is C15H11F3N2O3S. The van der Waals surface area contributed by atoms with Gasteiger partial charge >= 0.3 is 0 Å². The molecule has 1 heterocycles. The fourth-order valence-electron chi connectivity index (χ4n) is 2.04. The van der Waals surface area contributed by atoms with E-state index in [0.717, 1.165) is 40.7 Å². The molecule has 0 spiro atoms. The van der Waals surface area contributed by atoms with Crippen molar-refractivity contribution in [3.8, 4) is 0 Å². The SMILES string of the molecule is O=C(Nc1ccc(F)c(F)c1)c1ccc(F)c(S(=O)(=O)N2CC2)c1. The minimum Gasteiger partial charge on any atom is -0.322 e. The van der Waals surface area contributed by atoms with Crippen LogP contribution in [0.2, 0.25) is 0 Å². The average Bonchev–Trinajstić information content (AvgIpc) is 3.36. The quantitative estimate of drug-likeness (QED) is 0.856. The lowest BCUT2D eigenvalue weighted by atomic mass is 10.2. The summed E-state index contributed by atoms with van der Waals surface area (Å²) in [6, 6.07) is 5.66. The van der Waals surface area contributed by atoms with Crippen molar-refractivity contribution in [3.05, 3.63) is 59.4 Å². The van der Waals surface area contributed by atoms with Crippen molar-refractivity contribution in [2.45, 2.75) is 4.90 Å². The molecule has 24 heavy (non-hydrogen) atoms. The maximum Gasteiger partial charge on any atom is 0.255 e. The molecule has 1 saturated heterocycles. The van der Waals surface area contributed by atoms with Gasteiger partial charge in [0.25, 0.3) is 5.91 Å². The molecule has 1 aliphatic heterocycles. The molecule has 126 valence electrons. The molecule has 0 aromatic heterocycles. The van der Waals surface area contributed by atoms with E-state index in [1.165, 1.54) is 0 Å². The predicted octanol–water partition coefficient (Wildman–Crippen LogP) is 2.36. The van der Waals surface area contributed by atoms with Crippen LogP contribution in [0.3, 0.4) is 0 Å². The largest absolute Gasteiger partial charge is 0.322 e. The van der Waals surface area contributed by atoms with E-state index in [0.29, 0.717) is 13.1 Å². The number of sulfonamides is 1. The first-order chi connectivity index (χ1) is 11.3. The van der Waals surface area contributed by atoms with Gasteiger partial charge in [0, 0.05) is 30.4 Å². The lowest BCUT2D eigenvalue weighted by Gasteiger charge is -2.09. The highest BCUT2D eigenvalue weighted by atomic mass is 32.2. The van der Waals surface area contributed by atoms with Gasteiger partial charge in [0.15, 0.2) is 11.6 Å². The molecular weight excluding hydrogens is 345 g/mol. The highest BCUT2D eigenvalue weighted by molar-refractivity contribution is 7.89. The van der Waals surface area contributed by atoms with Crippen molar-refractivity contribution in [3.63, 3.8) is 0 Å². The van der Waals surface area contributed by atoms with Gasteiger partial charge in [0.2, 0.25) is 10.0 Å². The maximum atomic E-state index is 13.8. The number of hydrogen-bond acceptors (Lipinski definition) is 3. The number of nitrogens with zero attached hydrogens (tertiary/aromatic N) is 1. The molecule has 9 heteroatoms. The summed E-state index contributed by atoms with van der Waals surface area (Å²) in [5.41, 5.74) is -0.139. The van der Waals surface area contributed by atoms with E-state index in [2.05, 4.69) is 5.32 Å². The van der Waals surface area contributed by atoms with E-state index < -0.39 is 38.3 Å². The first kappa shape index (κ1) is 16.5. The van der Waals surface area contributed by atoms with Crippen LogP contribution in [0.5, 0.6) is 0 Å². The summed E-state index contributed by atoms with van der Waals surface area (Å²) in [6.45, 7) is 0.597. The molecule has 0 radical (unpaired) electrons. The second kappa shape index (κ2) is 5.91. The monoisotopic (exact) mass is 356 g/mol. The Kier molecular flexibility index (Phi) is 4.06. The average molecular weight is 356 g/mol. The van der Waals surface area contributed by atoms with E-state index in [4.69, 9.17) is 0 Å². The number of rotatable bonds is 4. The Hall–Kier alpha value is -2.39. The third kappa shape index (κ3) is 3.13. The van der Waals surface area contributed by atoms with Crippen LogP contribution >= 0.6 is 0 Å². The van der Waals surface area contributed by atoms with E-state index >= 15 is 0 Å². The van der Waals surface area contributed by atoms with Gasteiger partial charge in [-0.3, -0.25) is 4.79 Å². The summed E-state index contributed by atoms with van der Waals surface area (Å²) < 4.78 is 65.1. The number of halogens is 3. The number of carbonyl (C=O) groups is 1. The molecule has 1 fully saturated rings. The Morgan fingerprint density at radius 2 is 1.62 bits per heavy atom. The Labute approximate surface area is 135 Å². The molecule has 0 atom stereocenters. The highest BCUT2D eigenvalue weighted by Crippen LogP contribution is 2.25. The van der Waals surface area contributed by atoms with Gasteiger partial charge in [0.1, 0.15) is 10.7 Å². The normalized spacial score (nSPS) is 14.5. The number of amides is 1. The van der Waals surface area contributed by atoms with Crippen molar-refractivity contribution in [1.29, 1.82) is 0 Å². The van der Waals surface area contributed by atoms with Crippen molar-refractivity contribution >= 4 is 21.6 Å². The zero-order valence-electron chi connectivity index (χ0n) is 12.1. The summed E-state index contributed by atoms with van der Waals surface area (Å²) in [6.07, 6.45) is 0. The first-order valence-electron chi connectivity index (χ1n) is 6.85. The summed E-state index contributed by atoms with van der Waals surface area (Å²) in [5, 5.41) is 2.29. The zero-order valence-corrected chi connectivity index (χ0v) is 12.9. The topological polar surface area (TPSA) is 66.2 Å². The van der Waals surface area contributed by atoms with Crippen molar-refractivity contribution in [2.24, 2.45) is 0 Å². The Bertz CT molecular complexity index is 928. The predicted molar refractivity (Wildman–Crippen MR) is 79.5 cm³/mol. The van der Waals surface area contributed by atoms with E-state index in [9.17, 15) is 26.4 Å². The molecule has 0 aliphatic carbocycles. The van der Waals surface area contributed by atoms with Crippen LogP contribution in [0.1, 0.15) is 10.4 Å². The second-order valence-corrected chi connectivity index (χ2v) is 7.04. The van der Waals surface area contributed by atoms with Gasteiger partial charge < -0.3 is 5.32 Å². The van der Waals surface area contributed by atoms with Crippen LogP contribution in [-0.4, -0.2) is 31.7 Å².